The van der Waals surface area contributed by atoms with Crippen molar-refractivity contribution >= 4 is 11.6 Å². The van der Waals surface area contributed by atoms with Gasteiger partial charge in [0, 0.05) is 18.0 Å². The Morgan fingerprint density at radius 3 is 2.44 bits per heavy atom. The first-order valence-electron chi connectivity index (χ1n) is 7.36. The number of nitrogens with one attached hydrogen (secondary N) is 1. The zero-order valence-electron chi connectivity index (χ0n) is 12.9. The maximum atomic E-state index is 12.3. The van der Waals surface area contributed by atoms with Crippen LogP contribution in [0.25, 0.3) is 11.1 Å². The van der Waals surface area contributed by atoms with E-state index in [1.54, 1.807) is 12.4 Å². The number of aromatic nitrogens is 4. The standard InChI is InChI=1S/C16H14F3N5O/c17-16(18,19)11-24-9-14(7-21-24)22-15(25)10-23-8-13(6-20-23)12-4-2-1-3-5-12/h1-9H,10-11H2,(H,22,25). The second-order valence-corrected chi connectivity index (χ2v) is 5.38. The van der Waals surface area contributed by atoms with Crippen LogP contribution in [-0.4, -0.2) is 31.6 Å². The molecule has 0 saturated carbocycles. The van der Waals surface area contributed by atoms with Crippen molar-refractivity contribution in [2.24, 2.45) is 0 Å². The highest BCUT2D eigenvalue weighted by Crippen LogP contribution is 2.19. The predicted octanol–water partition coefficient (Wildman–Crippen LogP) is 2.95. The molecule has 1 amide bonds. The van der Waals surface area contributed by atoms with Gasteiger partial charge in [0.1, 0.15) is 13.1 Å². The van der Waals surface area contributed by atoms with Gasteiger partial charge in [0.2, 0.25) is 5.91 Å². The lowest BCUT2D eigenvalue weighted by molar-refractivity contribution is -0.142. The topological polar surface area (TPSA) is 64.7 Å². The Balaban J connectivity index is 1.59. The largest absolute Gasteiger partial charge is 0.408 e. The molecule has 0 aliphatic heterocycles. The molecule has 0 unspecified atom stereocenters. The molecular weight excluding hydrogens is 335 g/mol. The molecule has 6 nitrogen and oxygen atoms in total. The Bertz CT molecular complexity index is 854. The average Bonchev–Trinajstić information content (AvgIpc) is 3.16. The molecule has 0 aliphatic rings. The molecule has 1 N–H and O–H groups in total. The molecule has 3 aromatic rings. The molecule has 0 atom stereocenters. The SMILES string of the molecule is O=C(Cn1cc(-c2ccccc2)cn1)Nc1cnn(CC(F)(F)F)c1. The number of benzene rings is 1. The first-order chi connectivity index (χ1) is 11.9. The van der Waals surface area contributed by atoms with E-state index < -0.39 is 18.6 Å². The van der Waals surface area contributed by atoms with Crippen molar-refractivity contribution in [3.63, 3.8) is 0 Å². The maximum absolute atomic E-state index is 12.3. The number of hydrogen-bond acceptors (Lipinski definition) is 3. The highest BCUT2D eigenvalue weighted by atomic mass is 19.4. The van der Waals surface area contributed by atoms with Gasteiger partial charge in [0.15, 0.2) is 0 Å². The predicted molar refractivity (Wildman–Crippen MR) is 84.6 cm³/mol. The molecule has 1 aromatic carbocycles. The van der Waals surface area contributed by atoms with E-state index in [4.69, 9.17) is 0 Å². The minimum atomic E-state index is -4.36. The molecule has 25 heavy (non-hydrogen) atoms. The number of halogens is 3. The zero-order chi connectivity index (χ0) is 17.9. The molecule has 130 valence electrons. The zero-order valence-corrected chi connectivity index (χ0v) is 12.9. The second kappa shape index (κ2) is 6.80. The van der Waals surface area contributed by atoms with Crippen molar-refractivity contribution in [3.8, 4) is 11.1 Å². The summed E-state index contributed by atoms with van der Waals surface area (Å²) in [5.41, 5.74) is 2.04. The number of carbonyl (C=O) groups excluding carboxylic acids is 1. The third-order valence-electron chi connectivity index (χ3n) is 3.30. The van der Waals surface area contributed by atoms with Crippen LogP contribution in [0.1, 0.15) is 0 Å². The molecule has 9 heteroatoms. The van der Waals surface area contributed by atoms with Crippen molar-refractivity contribution in [2.45, 2.75) is 19.3 Å². The van der Waals surface area contributed by atoms with Gasteiger partial charge < -0.3 is 5.32 Å². The van der Waals surface area contributed by atoms with E-state index in [0.717, 1.165) is 22.0 Å². The van der Waals surface area contributed by atoms with Crippen molar-refractivity contribution < 1.29 is 18.0 Å². The maximum Gasteiger partial charge on any atom is 0.408 e. The Morgan fingerprint density at radius 2 is 1.72 bits per heavy atom. The number of amides is 1. The van der Waals surface area contributed by atoms with Gasteiger partial charge in [-0.15, -0.1) is 0 Å². The van der Waals surface area contributed by atoms with Crippen LogP contribution in [-0.2, 0) is 17.9 Å². The van der Waals surface area contributed by atoms with E-state index in [9.17, 15) is 18.0 Å². The van der Waals surface area contributed by atoms with Gasteiger partial charge in [0.05, 0.1) is 18.1 Å². The minimum absolute atomic E-state index is 0.0582. The van der Waals surface area contributed by atoms with Crippen LogP contribution < -0.4 is 5.32 Å². The molecule has 0 bridgehead atoms. The summed E-state index contributed by atoms with van der Waals surface area (Å²) in [6, 6.07) is 9.56. The first kappa shape index (κ1) is 16.7. The Morgan fingerprint density at radius 1 is 1.00 bits per heavy atom. The van der Waals surface area contributed by atoms with E-state index in [1.807, 2.05) is 30.3 Å². The van der Waals surface area contributed by atoms with Crippen LogP contribution in [0.15, 0.2) is 55.1 Å². The fourth-order valence-electron chi connectivity index (χ4n) is 2.28. The summed E-state index contributed by atoms with van der Waals surface area (Å²) in [5.74, 6) is -0.408. The van der Waals surface area contributed by atoms with Crippen molar-refractivity contribution in [1.82, 2.24) is 19.6 Å². The van der Waals surface area contributed by atoms with Gasteiger partial charge in [-0.25, -0.2) is 0 Å². The molecule has 0 radical (unpaired) electrons. The van der Waals surface area contributed by atoms with Crippen LogP contribution in [0.5, 0.6) is 0 Å². The molecule has 0 saturated heterocycles. The number of carbonyl (C=O) groups is 1. The number of hydrogen-bond donors (Lipinski definition) is 1. The Hall–Kier alpha value is -3.10. The molecule has 0 aliphatic carbocycles. The van der Waals surface area contributed by atoms with Gasteiger partial charge in [-0.05, 0) is 5.56 Å². The normalized spacial score (nSPS) is 11.5. The molecule has 2 heterocycles. The summed E-state index contributed by atoms with van der Waals surface area (Å²) in [4.78, 5) is 12.0. The highest BCUT2D eigenvalue weighted by Gasteiger charge is 2.28. The summed E-state index contributed by atoms with van der Waals surface area (Å²) >= 11 is 0. The summed E-state index contributed by atoms with van der Waals surface area (Å²) < 4.78 is 39.0. The lowest BCUT2D eigenvalue weighted by atomic mass is 10.1. The third-order valence-corrected chi connectivity index (χ3v) is 3.30. The van der Waals surface area contributed by atoms with E-state index in [-0.39, 0.29) is 12.2 Å². The average molecular weight is 349 g/mol. The number of alkyl halides is 3. The lowest BCUT2D eigenvalue weighted by Crippen LogP contribution is -2.19. The summed E-state index contributed by atoms with van der Waals surface area (Å²) in [6.45, 7) is -1.26. The van der Waals surface area contributed by atoms with Crippen LogP contribution in [0.2, 0.25) is 0 Å². The molecule has 2 aromatic heterocycles. The van der Waals surface area contributed by atoms with Crippen LogP contribution in [0.4, 0.5) is 18.9 Å². The van der Waals surface area contributed by atoms with Crippen LogP contribution >= 0.6 is 0 Å². The molecule has 0 fully saturated rings. The number of anilines is 1. The van der Waals surface area contributed by atoms with E-state index in [2.05, 4.69) is 15.5 Å². The molecular formula is C16H14F3N5O. The summed E-state index contributed by atoms with van der Waals surface area (Å²) in [6.07, 6.45) is 1.30. The van der Waals surface area contributed by atoms with E-state index in [0.29, 0.717) is 0 Å². The van der Waals surface area contributed by atoms with Gasteiger partial charge in [0.25, 0.3) is 0 Å². The van der Waals surface area contributed by atoms with Crippen molar-refractivity contribution in [3.05, 3.63) is 55.1 Å². The monoisotopic (exact) mass is 349 g/mol. The molecule has 3 rings (SSSR count). The van der Waals surface area contributed by atoms with Crippen molar-refractivity contribution in [1.29, 1.82) is 0 Å². The molecule has 0 spiro atoms. The van der Waals surface area contributed by atoms with Crippen LogP contribution in [0.3, 0.4) is 0 Å². The fourth-order valence-corrected chi connectivity index (χ4v) is 2.28. The quantitative estimate of drug-likeness (QED) is 0.770. The van der Waals surface area contributed by atoms with Crippen molar-refractivity contribution in [2.75, 3.05) is 5.32 Å². The first-order valence-corrected chi connectivity index (χ1v) is 7.36. The Kier molecular flexibility index (Phi) is 4.55. The smallest absolute Gasteiger partial charge is 0.322 e. The fraction of sp³-hybridized carbons (Fsp3) is 0.188. The minimum Gasteiger partial charge on any atom is -0.322 e. The van der Waals surface area contributed by atoms with Gasteiger partial charge in [-0.1, -0.05) is 30.3 Å². The Labute approximate surface area is 140 Å². The number of rotatable bonds is 5. The lowest BCUT2D eigenvalue weighted by Gasteiger charge is -2.05. The highest BCUT2D eigenvalue weighted by molar-refractivity contribution is 5.90. The van der Waals surface area contributed by atoms with E-state index >= 15 is 0 Å². The number of nitrogens with zero attached hydrogens (tertiary/aromatic N) is 4. The van der Waals surface area contributed by atoms with Crippen LogP contribution in [0, 0.1) is 0 Å². The third kappa shape index (κ3) is 4.69. The van der Waals surface area contributed by atoms with Gasteiger partial charge in [-0.2, -0.15) is 23.4 Å². The summed E-state index contributed by atoms with van der Waals surface area (Å²) in [5, 5.41) is 10.2. The van der Waals surface area contributed by atoms with Gasteiger partial charge in [-0.3, -0.25) is 14.2 Å². The van der Waals surface area contributed by atoms with E-state index in [1.165, 1.54) is 10.9 Å². The summed E-state index contributed by atoms with van der Waals surface area (Å²) in [7, 11) is 0. The van der Waals surface area contributed by atoms with Gasteiger partial charge >= 0.3 is 6.18 Å². The second-order valence-electron chi connectivity index (χ2n) is 5.38.